The molecule has 0 radical (unpaired) electrons. The molecule has 0 atom stereocenters. The number of carbonyl (C=O) groups excluding carboxylic acids is 2. The Bertz CT molecular complexity index is 703. The third-order valence-corrected chi connectivity index (χ3v) is 3.57. The standard InChI is InChI=1S/C18H18ClNO4/c1-23-18(22)9-10-20-17(21)12-24-16-8-7-14(11-15(16)19)13-5-3-2-4-6-13/h2-8,11H,9-10,12H2,1H3,(H,20,21). The molecule has 6 heteroatoms. The van der Waals surface area contributed by atoms with Crippen LogP contribution in [0.3, 0.4) is 0 Å². The number of rotatable bonds is 7. The number of methoxy groups -OCH3 is 1. The van der Waals surface area contributed by atoms with Gasteiger partial charge >= 0.3 is 5.97 Å². The molecule has 2 aromatic carbocycles. The number of amides is 1. The Labute approximate surface area is 145 Å². The number of hydrogen-bond donors (Lipinski definition) is 1. The highest BCUT2D eigenvalue weighted by atomic mass is 35.5. The van der Waals surface area contributed by atoms with E-state index in [1.54, 1.807) is 12.1 Å². The van der Waals surface area contributed by atoms with Crippen LogP contribution in [0.2, 0.25) is 5.02 Å². The molecule has 2 rings (SSSR count). The van der Waals surface area contributed by atoms with Gasteiger partial charge in [-0.15, -0.1) is 0 Å². The summed E-state index contributed by atoms with van der Waals surface area (Å²) in [6, 6.07) is 15.2. The summed E-state index contributed by atoms with van der Waals surface area (Å²) in [7, 11) is 1.30. The van der Waals surface area contributed by atoms with Gasteiger partial charge in [0.2, 0.25) is 0 Å². The van der Waals surface area contributed by atoms with Crippen LogP contribution in [0, 0.1) is 0 Å². The zero-order chi connectivity index (χ0) is 17.4. The highest BCUT2D eigenvalue weighted by Crippen LogP contribution is 2.30. The number of nitrogens with one attached hydrogen (secondary N) is 1. The average molecular weight is 348 g/mol. The third-order valence-electron chi connectivity index (χ3n) is 3.28. The van der Waals surface area contributed by atoms with Gasteiger partial charge in [-0.25, -0.2) is 0 Å². The minimum absolute atomic E-state index is 0.120. The van der Waals surface area contributed by atoms with Crippen molar-refractivity contribution in [2.45, 2.75) is 6.42 Å². The molecular weight excluding hydrogens is 330 g/mol. The molecule has 0 fully saturated rings. The lowest BCUT2D eigenvalue weighted by Crippen LogP contribution is -2.30. The van der Waals surface area contributed by atoms with E-state index in [9.17, 15) is 9.59 Å². The first-order chi connectivity index (χ1) is 11.6. The molecule has 0 bridgehead atoms. The van der Waals surface area contributed by atoms with Crippen LogP contribution in [0.25, 0.3) is 11.1 Å². The average Bonchev–Trinajstić information content (AvgIpc) is 2.61. The van der Waals surface area contributed by atoms with Crippen LogP contribution in [0.5, 0.6) is 5.75 Å². The minimum atomic E-state index is -0.379. The van der Waals surface area contributed by atoms with Crippen molar-refractivity contribution in [3.8, 4) is 16.9 Å². The Hall–Kier alpha value is -2.53. The van der Waals surface area contributed by atoms with Gasteiger partial charge in [0.05, 0.1) is 18.6 Å². The van der Waals surface area contributed by atoms with Crippen molar-refractivity contribution >= 4 is 23.5 Å². The Morgan fingerprint density at radius 3 is 2.50 bits per heavy atom. The first-order valence-electron chi connectivity index (χ1n) is 7.41. The maximum Gasteiger partial charge on any atom is 0.307 e. The summed E-state index contributed by atoms with van der Waals surface area (Å²) in [6.45, 7) is 0.0289. The Balaban J connectivity index is 1.87. The fourth-order valence-electron chi connectivity index (χ4n) is 2.03. The Kier molecular flexibility index (Phi) is 6.63. The van der Waals surface area contributed by atoms with Crippen molar-refractivity contribution in [3.05, 3.63) is 53.6 Å². The lowest BCUT2D eigenvalue weighted by Gasteiger charge is -2.10. The molecule has 1 N–H and O–H groups in total. The quantitative estimate of drug-likeness (QED) is 0.782. The van der Waals surface area contributed by atoms with Crippen LogP contribution < -0.4 is 10.1 Å². The molecule has 24 heavy (non-hydrogen) atoms. The monoisotopic (exact) mass is 347 g/mol. The molecule has 0 aromatic heterocycles. The third kappa shape index (κ3) is 5.28. The van der Waals surface area contributed by atoms with Gasteiger partial charge in [0, 0.05) is 6.54 Å². The topological polar surface area (TPSA) is 64.6 Å². The van der Waals surface area contributed by atoms with Gasteiger partial charge < -0.3 is 14.8 Å². The first-order valence-corrected chi connectivity index (χ1v) is 7.79. The van der Waals surface area contributed by atoms with E-state index in [1.807, 2.05) is 36.4 Å². The maximum atomic E-state index is 11.7. The van der Waals surface area contributed by atoms with E-state index in [-0.39, 0.29) is 31.4 Å². The number of halogens is 1. The van der Waals surface area contributed by atoms with Crippen molar-refractivity contribution in [2.75, 3.05) is 20.3 Å². The van der Waals surface area contributed by atoms with Gasteiger partial charge in [-0.05, 0) is 23.3 Å². The largest absolute Gasteiger partial charge is 0.482 e. The summed E-state index contributed by atoms with van der Waals surface area (Å²) in [6.07, 6.45) is 0.120. The molecule has 0 aliphatic heterocycles. The summed E-state index contributed by atoms with van der Waals surface area (Å²) >= 11 is 6.21. The number of esters is 1. The summed E-state index contributed by atoms with van der Waals surface area (Å²) in [5, 5.41) is 3.00. The van der Waals surface area contributed by atoms with Gasteiger partial charge in [-0.3, -0.25) is 9.59 Å². The highest BCUT2D eigenvalue weighted by Gasteiger charge is 2.08. The molecule has 0 unspecified atom stereocenters. The minimum Gasteiger partial charge on any atom is -0.482 e. The van der Waals surface area contributed by atoms with Crippen LogP contribution in [-0.2, 0) is 14.3 Å². The van der Waals surface area contributed by atoms with Crippen molar-refractivity contribution in [3.63, 3.8) is 0 Å². The predicted octanol–water partition coefficient (Wildman–Crippen LogP) is 3.07. The van der Waals surface area contributed by atoms with Gasteiger partial charge in [0.1, 0.15) is 5.75 Å². The Morgan fingerprint density at radius 1 is 1.08 bits per heavy atom. The first kappa shape index (κ1) is 17.8. The molecule has 0 spiro atoms. The molecule has 1 amide bonds. The van der Waals surface area contributed by atoms with E-state index < -0.39 is 0 Å². The van der Waals surface area contributed by atoms with Gasteiger partial charge in [-0.1, -0.05) is 48.0 Å². The molecule has 126 valence electrons. The van der Waals surface area contributed by atoms with Crippen molar-refractivity contribution in [1.82, 2.24) is 5.32 Å². The maximum absolute atomic E-state index is 11.7. The smallest absolute Gasteiger partial charge is 0.307 e. The van der Waals surface area contributed by atoms with E-state index in [2.05, 4.69) is 10.1 Å². The van der Waals surface area contributed by atoms with Gasteiger partial charge in [-0.2, -0.15) is 0 Å². The summed E-state index contributed by atoms with van der Waals surface area (Å²) in [5.74, 6) is -0.280. The second-order valence-corrected chi connectivity index (χ2v) is 5.38. The lowest BCUT2D eigenvalue weighted by molar-refractivity contribution is -0.140. The van der Waals surface area contributed by atoms with E-state index in [1.165, 1.54) is 7.11 Å². The number of benzene rings is 2. The molecule has 0 aliphatic rings. The molecule has 0 saturated heterocycles. The molecule has 0 saturated carbocycles. The van der Waals surface area contributed by atoms with Crippen LogP contribution in [0.15, 0.2) is 48.5 Å². The van der Waals surface area contributed by atoms with E-state index in [0.717, 1.165) is 11.1 Å². The second kappa shape index (κ2) is 8.93. The van der Waals surface area contributed by atoms with Crippen LogP contribution in [0.4, 0.5) is 0 Å². The fourth-order valence-corrected chi connectivity index (χ4v) is 2.26. The fraction of sp³-hybridized carbons (Fsp3) is 0.222. The van der Waals surface area contributed by atoms with E-state index >= 15 is 0 Å². The summed E-state index contributed by atoms with van der Waals surface area (Å²) in [5.41, 5.74) is 2.02. The number of carbonyl (C=O) groups is 2. The summed E-state index contributed by atoms with van der Waals surface area (Å²) < 4.78 is 9.90. The molecule has 0 heterocycles. The zero-order valence-corrected chi connectivity index (χ0v) is 14.0. The van der Waals surface area contributed by atoms with E-state index in [0.29, 0.717) is 10.8 Å². The molecule has 0 aliphatic carbocycles. The second-order valence-electron chi connectivity index (χ2n) is 4.98. The van der Waals surface area contributed by atoms with Crippen molar-refractivity contribution in [1.29, 1.82) is 0 Å². The van der Waals surface area contributed by atoms with Gasteiger partial charge in [0.25, 0.3) is 5.91 Å². The van der Waals surface area contributed by atoms with Crippen LogP contribution >= 0.6 is 11.6 Å². The number of ether oxygens (including phenoxy) is 2. The molecular formula is C18H18ClNO4. The molecule has 5 nitrogen and oxygen atoms in total. The van der Waals surface area contributed by atoms with Crippen molar-refractivity contribution < 1.29 is 19.1 Å². The summed E-state index contributed by atoms with van der Waals surface area (Å²) in [4.78, 5) is 22.6. The SMILES string of the molecule is COC(=O)CCNC(=O)COc1ccc(-c2ccccc2)cc1Cl. The normalized spacial score (nSPS) is 10.1. The number of hydrogen-bond acceptors (Lipinski definition) is 4. The van der Waals surface area contributed by atoms with Crippen LogP contribution in [0.1, 0.15) is 6.42 Å². The van der Waals surface area contributed by atoms with Crippen molar-refractivity contribution in [2.24, 2.45) is 0 Å². The molecule has 2 aromatic rings. The van der Waals surface area contributed by atoms with E-state index in [4.69, 9.17) is 16.3 Å². The van der Waals surface area contributed by atoms with Gasteiger partial charge in [0.15, 0.2) is 6.61 Å². The predicted molar refractivity (Wildman–Crippen MR) is 92.0 cm³/mol. The lowest BCUT2D eigenvalue weighted by atomic mass is 10.1. The van der Waals surface area contributed by atoms with Crippen LogP contribution in [-0.4, -0.2) is 32.1 Å². The highest BCUT2D eigenvalue weighted by molar-refractivity contribution is 6.32. The zero-order valence-electron chi connectivity index (χ0n) is 13.3. The Morgan fingerprint density at radius 2 is 1.83 bits per heavy atom.